The third-order valence-corrected chi connectivity index (χ3v) is 2.21. The average Bonchev–Trinajstić information content (AvgIpc) is 2.08. The fraction of sp³-hybridized carbons (Fsp3) is 0.455. The largest absolute Gasteiger partial charge is 0.383 e. The Balaban J connectivity index is 2.80. The van der Waals surface area contributed by atoms with Crippen LogP contribution in [-0.4, -0.2) is 23.9 Å². The van der Waals surface area contributed by atoms with Crippen molar-refractivity contribution in [1.82, 2.24) is 0 Å². The van der Waals surface area contributed by atoms with E-state index in [0.29, 0.717) is 0 Å². The molecule has 0 saturated heterocycles. The van der Waals surface area contributed by atoms with Gasteiger partial charge < -0.3 is 9.84 Å². The van der Waals surface area contributed by atoms with Crippen molar-refractivity contribution in [3.05, 3.63) is 36.5 Å². The minimum absolute atomic E-state index is 0.257. The van der Waals surface area contributed by atoms with E-state index in [2.05, 4.69) is 6.58 Å². The Morgan fingerprint density at radius 1 is 1.77 bits per heavy atom. The van der Waals surface area contributed by atoms with Crippen molar-refractivity contribution in [2.24, 2.45) is 0 Å². The maximum absolute atomic E-state index is 9.84. The summed E-state index contributed by atoms with van der Waals surface area (Å²) in [7, 11) is 1.60. The lowest BCUT2D eigenvalue weighted by molar-refractivity contribution is -0.0261. The monoisotopic (exact) mass is 180 g/mol. The number of methoxy groups -OCH3 is 1. The fourth-order valence-corrected chi connectivity index (χ4v) is 1.40. The molecular weight excluding hydrogens is 164 g/mol. The van der Waals surface area contributed by atoms with Gasteiger partial charge in [-0.15, -0.1) is 6.58 Å². The second-order valence-corrected chi connectivity index (χ2v) is 3.45. The molecule has 1 rings (SSSR count). The SMILES string of the molecule is C=CCC1=CC(OC)C(C)(O)C=C1. The van der Waals surface area contributed by atoms with Gasteiger partial charge in [-0.25, -0.2) is 0 Å². The van der Waals surface area contributed by atoms with Gasteiger partial charge in [-0.1, -0.05) is 18.2 Å². The molecule has 72 valence electrons. The number of hydrogen-bond acceptors (Lipinski definition) is 2. The molecule has 2 unspecified atom stereocenters. The smallest absolute Gasteiger partial charge is 0.110 e. The summed E-state index contributed by atoms with van der Waals surface area (Å²) in [4.78, 5) is 0. The van der Waals surface area contributed by atoms with Crippen LogP contribution in [0.1, 0.15) is 13.3 Å². The van der Waals surface area contributed by atoms with Gasteiger partial charge in [-0.05, 0) is 25.0 Å². The van der Waals surface area contributed by atoms with E-state index in [1.165, 1.54) is 0 Å². The second-order valence-electron chi connectivity index (χ2n) is 3.45. The minimum atomic E-state index is -0.889. The number of aliphatic hydroxyl groups is 1. The van der Waals surface area contributed by atoms with E-state index >= 15 is 0 Å². The highest BCUT2D eigenvalue weighted by molar-refractivity contribution is 5.31. The van der Waals surface area contributed by atoms with Gasteiger partial charge in [0.25, 0.3) is 0 Å². The molecule has 1 N–H and O–H groups in total. The van der Waals surface area contributed by atoms with E-state index in [1.807, 2.05) is 18.2 Å². The normalized spacial score (nSPS) is 32.8. The molecule has 0 aromatic carbocycles. The van der Waals surface area contributed by atoms with Crippen LogP contribution in [0.25, 0.3) is 0 Å². The first-order valence-corrected chi connectivity index (χ1v) is 4.36. The molecule has 0 aromatic heterocycles. The van der Waals surface area contributed by atoms with Crippen LogP contribution in [-0.2, 0) is 4.74 Å². The molecule has 0 bridgehead atoms. The molecule has 0 aromatic rings. The molecule has 0 amide bonds. The van der Waals surface area contributed by atoms with E-state index in [9.17, 15) is 5.11 Å². The Labute approximate surface area is 79.2 Å². The second kappa shape index (κ2) is 3.90. The molecule has 0 heterocycles. The summed E-state index contributed by atoms with van der Waals surface area (Å²) in [5, 5.41) is 9.84. The lowest BCUT2D eigenvalue weighted by Gasteiger charge is -2.30. The zero-order valence-electron chi connectivity index (χ0n) is 8.16. The van der Waals surface area contributed by atoms with Gasteiger partial charge in [0.05, 0.1) is 0 Å². The first kappa shape index (κ1) is 10.2. The topological polar surface area (TPSA) is 29.5 Å². The number of ether oxygens (including phenoxy) is 1. The minimum Gasteiger partial charge on any atom is -0.383 e. The van der Waals surface area contributed by atoms with Gasteiger partial charge >= 0.3 is 0 Å². The molecule has 2 atom stereocenters. The summed E-state index contributed by atoms with van der Waals surface area (Å²) in [5.41, 5.74) is 0.243. The summed E-state index contributed by atoms with van der Waals surface area (Å²) >= 11 is 0. The molecule has 13 heavy (non-hydrogen) atoms. The van der Waals surface area contributed by atoms with Crippen LogP contribution in [0.15, 0.2) is 36.5 Å². The van der Waals surface area contributed by atoms with Crippen molar-refractivity contribution in [2.45, 2.75) is 25.0 Å². The third kappa shape index (κ3) is 2.29. The van der Waals surface area contributed by atoms with Crippen molar-refractivity contribution >= 4 is 0 Å². The van der Waals surface area contributed by atoms with Gasteiger partial charge in [-0.3, -0.25) is 0 Å². The lowest BCUT2D eigenvalue weighted by atomic mass is 9.90. The van der Waals surface area contributed by atoms with Crippen LogP contribution in [0.4, 0.5) is 0 Å². The summed E-state index contributed by atoms with van der Waals surface area (Å²) in [6.07, 6.45) is 8.00. The zero-order chi connectivity index (χ0) is 9.90. The van der Waals surface area contributed by atoms with Crippen LogP contribution >= 0.6 is 0 Å². The summed E-state index contributed by atoms with van der Waals surface area (Å²) in [6.45, 7) is 5.40. The highest BCUT2D eigenvalue weighted by Crippen LogP contribution is 2.24. The Morgan fingerprint density at radius 2 is 2.46 bits per heavy atom. The molecule has 0 spiro atoms. The van der Waals surface area contributed by atoms with Crippen LogP contribution < -0.4 is 0 Å². The van der Waals surface area contributed by atoms with Crippen molar-refractivity contribution in [1.29, 1.82) is 0 Å². The van der Waals surface area contributed by atoms with Gasteiger partial charge in [0.15, 0.2) is 0 Å². The molecular formula is C11H16O2. The molecule has 0 saturated carbocycles. The van der Waals surface area contributed by atoms with Crippen molar-refractivity contribution in [2.75, 3.05) is 7.11 Å². The standard InChI is InChI=1S/C11H16O2/c1-4-5-9-6-7-11(2,12)10(8-9)13-3/h4,6-8,10,12H,1,5H2,2-3H3. The van der Waals surface area contributed by atoms with Gasteiger partial charge in [-0.2, -0.15) is 0 Å². The summed E-state index contributed by atoms with van der Waals surface area (Å²) in [6, 6.07) is 0. The average molecular weight is 180 g/mol. The number of rotatable bonds is 3. The molecule has 0 aliphatic heterocycles. The predicted molar refractivity (Wildman–Crippen MR) is 53.5 cm³/mol. The van der Waals surface area contributed by atoms with Crippen molar-refractivity contribution in [3.8, 4) is 0 Å². The molecule has 1 aliphatic carbocycles. The Bertz CT molecular complexity index is 249. The van der Waals surface area contributed by atoms with E-state index < -0.39 is 5.60 Å². The fourth-order valence-electron chi connectivity index (χ4n) is 1.40. The van der Waals surface area contributed by atoms with Gasteiger partial charge in [0, 0.05) is 7.11 Å². The zero-order valence-corrected chi connectivity index (χ0v) is 8.16. The van der Waals surface area contributed by atoms with E-state index in [4.69, 9.17) is 4.74 Å². The third-order valence-electron chi connectivity index (χ3n) is 2.21. The molecule has 2 heteroatoms. The van der Waals surface area contributed by atoms with Gasteiger partial charge in [0.2, 0.25) is 0 Å². The lowest BCUT2D eigenvalue weighted by Crippen LogP contribution is -2.39. The highest BCUT2D eigenvalue weighted by Gasteiger charge is 2.29. The van der Waals surface area contributed by atoms with Crippen molar-refractivity contribution < 1.29 is 9.84 Å². The number of hydrogen-bond donors (Lipinski definition) is 1. The first-order chi connectivity index (χ1) is 6.10. The Kier molecular flexibility index (Phi) is 3.07. The van der Waals surface area contributed by atoms with Crippen LogP contribution in [0, 0.1) is 0 Å². The van der Waals surface area contributed by atoms with Crippen LogP contribution in [0.3, 0.4) is 0 Å². The first-order valence-electron chi connectivity index (χ1n) is 4.36. The van der Waals surface area contributed by atoms with Crippen LogP contribution in [0.5, 0.6) is 0 Å². The van der Waals surface area contributed by atoms with E-state index in [1.54, 1.807) is 20.1 Å². The van der Waals surface area contributed by atoms with E-state index in [0.717, 1.165) is 12.0 Å². The van der Waals surface area contributed by atoms with Crippen LogP contribution in [0.2, 0.25) is 0 Å². The number of allylic oxidation sites excluding steroid dienone is 3. The highest BCUT2D eigenvalue weighted by atomic mass is 16.5. The van der Waals surface area contributed by atoms with E-state index in [-0.39, 0.29) is 6.10 Å². The molecule has 0 fully saturated rings. The van der Waals surface area contributed by atoms with Crippen molar-refractivity contribution in [3.63, 3.8) is 0 Å². The molecule has 0 radical (unpaired) electrons. The summed E-state index contributed by atoms with van der Waals surface area (Å²) < 4.78 is 5.17. The summed E-state index contributed by atoms with van der Waals surface area (Å²) in [5.74, 6) is 0. The van der Waals surface area contributed by atoms with Gasteiger partial charge in [0.1, 0.15) is 11.7 Å². The maximum Gasteiger partial charge on any atom is 0.110 e. The predicted octanol–water partition coefficient (Wildman–Crippen LogP) is 1.82. The molecule has 2 nitrogen and oxygen atoms in total. The Hall–Kier alpha value is -0.860. The Morgan fingerprint density at radius 3 is 3.00 bits per heavy atom. The quantitative estimate of drug-likeness (QED) is 0.671. The maximum atomic E-state index is 9.84. The molecule has 1 aliphatic rings.